The zero-order valence-corrected chi connectivity index (χ0v) is 17.4. The number of benzene rings is 2. The Balaban J connectivity index is 1.38. The third-order valence-electron chi connectivity index (χ3n) is 6.23. The smallest absolute Gasteiger partial charge is 0.407 e. The number of aliphatic carboxylic acids is 1. The highest BCUT2D eigenvalue weighted by Gasteiger charge is 2.36. The summed E-state index contributed by atoms with van der Waals surface area (Å²) in [4.78, 5) is 37.2. The quantitative estimate of drug-likeness (QED) is 0.745. The predicted octanol–water partition coefficient (Wildman–Crippen LogP) is 3.24. The average Bonchev–Trinajstić information content (AvgIpc) is 3.33. The SMILES string of the molecule is CN(CC(=O)O)C(=O)[C@H]1CCC[C@H]1NC(=O)OCC1c2ccccc2-c2ccccc21. The predicted molar refractivity (Wildman–Crippen MR) is 115 cm³/mol. The number of alkyl carbamates (subject to hydrolysis) is 1. The fourth-order valence-corrected chi connectivity index (χ4v) is 4.78. The standard InChI is InChI=1S/C24H26N2O5/c1-26(13-22(27)28)23(29)19-11-6-12-21(19)25-24(30)31-14-20-17-9-4-2-7-15(17)16-8-3-5-10-18(16)20/h2-5,7-10,19-21H,6,11-14H2,1H3,(H,25,30)(H,27,28)/t19-,21+/m0/s1. The molecule has 2 atom stereocenters. The number of carbonyl (C=O) groups is 3. The maximum absolute atomic E-state index is 12.6. The van der Waals surface area contributed by atoms with Crippen LogP contribution in [0.4, 0.5) is 4.79 Å². The summed E-state index contributed by atoms with van der Waals surface area (Å²) in [7, 11) is 1.47. The third kappa shape index (κ3) is 4.26. The molecule has 0 aromatic heterocycles. The zero-order valence-electron chi connectivity index (χ0n) is 17.4. The molecular formula is C24H26N2O5. The van der Waals surface area contributed by atoms with Crippen molar-refractivity contribution in [2.24, 2.45) is 5.92 Å². The Morgan fingerprint density at radius 2 is 1.65 bits per heavy atom. The molecule has 0 radical (unpaired) electrons. The van der Waals surface area contributed by atoms with Crippen LogP contribution in [0.3, 0.4) is 0 Å². The molecular weight excluding hydrogens is 396 g/mol. The van der Waals surface area contributed by atoms with E-state index in [9.17, 15) is 14.4 Å². The molecule has 0 aliphatic heterocycles. The fourth-order valence-electron chi connectivity index (χ4n) is 4.78. The molecule has 0 bridgehead atoms. The van der Waals surface area contributed by atoms with Crippen LogP contribution in [0.25, 0.3) is 11.1 Å². The number of carboxylic acid groups (broad SMARTS) is 1. The number of hydrogen-bond donors (Lipinski definition) is 2. The van der Waals surface area contributed by atoms with Gasteiger partial charge in [0.2, 0.25) is 5.91 Å². The first-order valence-corrected chi connectivity index (χ1v) is 10.5. The molecule has 0 unspecified atom stereocenters. The Morgan fingerprint density at radius 1 is 1.03 bits per heavy atom. The summed E-state index contributed by atoms with van der Waals surface area (Å²) in [6.45, 7) is -0.142. The van der Waals surface area contributed by atoms with Crippen molar-refractivity contribution < 1.29 is 24.2 Å². The second-order valence-electron chi connectivity index (χ2n) is 8.20. The van der Waals surface area contributed by atoms with Gasteiger partial charge in [0.15, 0.2) is 0 Å². The molecule has 162 valence electrons. The first-order chi connectivity index (χ1) is 15.0. The molecule has 0 heterocycles. The molecule has 4 rings (SSSR count). The van der Waals surface area contributed by atoms with Gasteiger partial charge < -0.3 is 20.1 Å². The zero-order chi connectivity index (χ0) is 22.0. The Morgan fingerprint density at radius 3 is 2.26 bits per heavy atom. The number of ether oxygens (including phenoxy) is 1. The van der Waals surface area contributed by atoms with Gasteiger partial charge in [-0.25, -0.2) is 4.79 Å². The van der Waals surface area contributed by atoms with E-state index in [2.05, 4.69) is 29.6 Å². The van der Waals surface area contributed by atoms with Gasteiger partial charge in [-0.05, 0) is 35.1 Å². The number of carbonyl (C=O) groups excluding carboxylic acids is 2. The Kier molecular flexibility index (Phi) is 5.93. The van der Waals surface area contributed by atoms with E-state index in [0.717, 1.165) is 28.7 Å². The van der Waals surface area contributed by atoms with Crippen molar-refractivity contribution in [1.82, 2.24) is 10.2 Å². The monoisotopic (exact) mass is 422 g/mol. The van der Waals surface area contributed by atoms with E-state index in [0.29, 0.717) is 12.8 Å². The highest BCUT2D eigenvalue weighted by Crippen LogP contribution is 2.44. The largest absolute Gasteiger partial charge is 0.480 e. The van der Waals surface area contributed by atoms with Crippen LogP contribution in [-0.2, 0) is 14.3 Å². The lowest BCUT2D eigenvalue weighted by atomic mass is 9.98. The minimum absolute atomic E-state index is 0.0270. The lowest BCUT2D eigenvalue weighted by Crippen LogP contribution is -2.45. The summed E-state index contributed by atoms with van der Waals surface area (Å²) in [6, 6.07) is 15.9. The molecule has 0 saturated heterocycles. The van der Waals surface area contributed by atoms with Crippen LogP contribution in [0.15, 0.2) is 48.5 Å². The average molecular weight is 422 g/mol. The van der Waals surface area contributed by atoms with E-state index >= 15 is 0 Å². The maximum atomic E-state index is 12.6. The van der Waals surface area contributed by atoms with Crippen molar-refractivity contribution in [2.45, 2.75) is 31.2 Å². The highest BCUT2D eigenvalue weighted by molar-refractivity contribution is 5.84. The van der Waals surface area contributed by atoms with Crippen LogP contribution in [-0.4, -0.2) is 54.2 Å². The third-order valence-corrected chi connectivity index (χ3v) is 6.23. The topological polar surface area (TPSA) is 95.9 Å². The summed E-state index contributed by atoms with van der Waals surface area (Å²) >= 11 is 0. The number of carboxylic acids is 1. The molecule has 2 N–H and O–H groups in total. The van der Waals surface area contributed by atoms with Gasteiger partial charge in [0.05, 0.1) is 5.92 Å². The molecule has 1 fully saturated rings. The van der Waals surface area contributed by atoms with Gasteiger partial charge in [-0.15, -0.1) is 0 Å². The van der Waals surface area contributed by atoms with Crippen molar-refractivity contribution in [3.05, 3.63) is 59.7 Å². The molecule has 0 spiro atoms. The van der Waals surface area contributed by atoms with Gasteiger partial charge in [-0.2, -0.15) is 0 Å². The summed E-state index contributed by atoms with van der Waals surface area (Å²) in [5.41, 5.74) is 4.60. The summed E-state index contributed by atoms with van der Waals surface area (Å²) < 4.78 is 5.59. The Labute approximate surface area is 181 Å². The molecule has 2 aliphatic carbocycles. The van der Waals surface area contributed by atoms with Gasteiger partial charge in [0, 0.05) is 19.0 Å². The van der Waals surface area contributed by atoms with Crippen LogP contribution in [0, 0.1) is 5.92 Å². The van der Waals surface area contributed by atoms with Gasteiger partial charge in [-0.3, -0.25) is 9.59 Å². The van der Waals surface area contributed by atoms with Crippen LogP contribution in [0.1, 0.15) is 36.3 Å². The number of amides is 2. The van der Waals surface area contributed by atoms with E-state index in [-0.39, 0.29) is 31.0 Å². The first-order valence-electron chi connectivity index (χ1n) is 10.5. The lowest BCUT2D eigenvalue weighted by Gasteiger charge is -2.25. The van der Waals surface area contributed by atoms with E-state index < -0.39 is 18.0 Å². The van der Waals surface area contributed by atoms with Crippen LogP contribution in [0.2, 0.25) is 0 Å². The lowest BCUT2D eigenvalue weighted by molar-refractivity contribution is -0.145. The first kappa shape index (κ1) is 20.9. The minimum Gasteiger partial charge on any atom is -0.480 e. The van der Waals surface area contributed by atoms with E-state index in [1.54, 1.807) is 0 Å². The number of likely N-dealkylation sites (N-methyl/N-ethyl adjacent to an activating group) is 1. The number of fused-ring (bicyclic) bond motifs is 3. The van der Waals surface area contributed by atoms with Crippen molar-refractivity contribution in [2.75, 3.05) is 20.2 Å². The van der Waals surface area contributed by atoms with Crippen molar-refractivity contribution in [1.29, 1.82) is 0 Å². The number of rotatable bonds is 6. The van der Waals surface area contributed by atoms with Gasteiger partial charge in [-0.1, -0.05) is 55.0 Å². The molecule has 7 nitrogen and oxygen atoms in total. The molecule has 2 aromatic carbocycles. The van der Waals surface area contributed by atoms with E-state index in [1.165, 1.54) is 11.9 Å². The number of nitrogens with one attached hydrogen (secondary N) is 1. The summed E-state index contributed by atoms with van der Waals surface area (Å²) in [5, 5.41) is 11.8. The highest BCUT2D eigenvalue weighted by atomic mass is 16.5. The Bertz CT molecular complexity index is 959. The van der Waals surface area contributed by atoms with Gasteiger partial charge in [0.25, 0.3) is 0 Å². The van der Waals surface area contributed by atoms with E-state index in [4.69, 9.17) is 9.84 Å². The Hall–Kier alpha value is -3.35. The van der Waals surface area contributed by atoms with Gasteiger partial charge >= 0.3 is 12.1 Å². The molecule has 2 aliphatic rings. The summed E-state index contributed by atoms with van der Waals surface area (Å²) in [5.74, 6) is -1.77. The van der Waals surface area contributed by atoms with Crippen molar-refractivity contribution in [3.63, 3.8) is 0 Å². The maximum Gasteiger partial charge on any atom is 0.407 e. The molecule has 2 amide bonds. The molecule has 1 saturated carbocycles. The second-order valence-corrected chi connectivity index (χ2v) is 8.20. The normalized spacial score (nSPS) is 19.4. The minimum atomic E-state index is -1.06. The van der Waals surface area contributed by atoms with Crippen LogP contribution < -0.4 is 5.32 Å². The van der Waals surface area contributed by atoms with Gasteiger partial charge in [0.1, 0.15) is 13.2 Å². The number of nitrogens with zero attached hydrogens (tertiary/aromatic N) is 1. The summed E-state index contributed by atoms with van der Waals surface area (Å²) in [6.07, 6.45) is 1.54. The molecule has 31 heavy (non-hydrogen) atoms. The van der Waals surface area contributed by atoms with Crippen LogP contribution >= 0.6 is 0 Å². The number of hydrogen-bond acceptors (Lipinski definition) is 4. The fraction of sp³-hybridized carbons (Fsp3) is 0.375. The van der Waals surface area contributed by atoms with Crippen molar-refractivity contribution in [3.8, 4) is 11.1 Å². The van der Waals surface area contributed by atoms with Crippen LogP contribution in [0.5, 0.6) is 0 Å². The second kappa shape index (κ2) is 8.79. The molecule has 2 aromatic rings. The van der Waals surface area contributed by atoms with E-state index in [1.807, 2.05) is 24.3 Å². The van der Waals surface area contributed by atoms with Crippen molar-refractivity contribution >= 4 is 18.0 Å². The molecule has 7 heteroatoms.